The van der Waals surface area contributed by atoms with E-state index >= 15 is 0 Å². The summed E-state index contributed by atoms with van der Waals surface area (Å²) in [7, 11) is -4.39. The Bertz CT molecular complexity index is 566. The number of benzene rings is 1. The van der Waals surface area contributed by atoms with Gasteiger partial charge in [-0.15, -0.1) is 0 Å². The highest BCUT2D eigenvalue weighted by molar-refractivity contribution is 7.85. The average Bonchev–Trinajstić information content (AvgIpc) is 2.27. The van der Waals surface area contributed by atoms with Crippen LogP contribution in [-0.4, -0.2) is 14.3 Å². The normalized spacial score (nSPS) is 12.0. The first-order chi connectivity index (χ1) is 9.14. The van der Waals surface area contributed by atoms with Crippen molar-refractivity contribution in [2.24, 2.45) is 0 Å². The van der Waals surface area contributed by atoms with Gasteiger partial charge in [0.05, 0.1) is 5.56 Å². The maximum absolute atomic E-state index is 12.3. The van der Waals surface area contributed by atoms with Crippen molar-refractivity contribution in [2.75, 3.05) is 0 Å². The largest absolute Gasteiger partial charge is 0.416 e. The summed E-state index contributed by atoms with van der Waals surface area (Å²) in [5.41, 5.74) is -0.933. The molecule has 0 aliphatic heterocycles. The first-order valence-corrected chi connectivity index (χ1v) is 6.97. The van der Waals surface area contributed by atoms with E-state index in [0.29, 0.717) is 18.6 Å². The number of alkyl halides is 3. The Morgan fingerprint density at radius 1 is 1.25 bits per heavy atom. The zero-order chi connectivity index (χ0) is 15.4. The van der Waals surface area contributed by atoms with Crippen LogP contribution in [0.4, 0.5) is 13.2 Å². The number of carbonyl (C=O) groups is 1. The summed E-state index contributed by atoms with van der Waals surface area (Å²) in [5.74, 6) is -1.07. The molecule has 0 atom stereocenters. The third kappa shape index (κ3) is 5.08. The van der Waals surface area contributed by atoms with Crippen LogP contribution in [0.3, 0.4) is 0 Å². The highest BCUT2D eigenvalue weighted by Gasteiger charge is 2.30. The van der Waals surface area contributed by atoms with E-state index in [-0.39, 0.29) is 12.2 Å². The van der Waals surface area contributed by atoms with Crippen molar-refractivity contribution in [3.8, 4) is 5.75 Å². The minimum Gasteiger partial charge on any atom is -0.367 e. The Morgan fingerprint density at radius 2 is 1.80 bits per heavy atom. The van der Waals surface area contributed by atoms with Crippen LogP contribution in [0.25, 0.3) is 0 Å². The second-order valence-electron chi connectivity index (χ2n) is 3.83. The molecule has 0 spiro atoms. The average molecular weight is 311 g/mol. The number of halogens is 3. The Morgan fingerprint density at radius 3 is 2.25 bits per heavy atom. The molecule has 0 aromatic heterocycles. The first kappa shape index (κ1) is 16.3. The second-order valence-corrected chi connectivity index (χ2v) is 5.11. The molecular weight excluding hydrogens is 299 g/mol. The first-order valence-electron chi connectivity index (χ1n) is 5.56. The van der Waals surface area contributed by atoms with Gasteiger partial charge in [-0.1, -0.05) is 6.92 Å². The molecule has 1 N–H and O–H groups in total. The lowest BCUT2D eigenvalue weighted by Crippen LogP contribution is -2.33. The van der Waals surface area contributed by atoms with Gasteiger partial charge in [-0.05, 0) is 30.7 Å². The van der Waals surface area contributed by atoms with Gasteiger partial charge in [0.2, 0.25) is 5.91 Å². The lowest BCUT2D eigenvalue weighted by molar-refractivity contribution is -0.137. The topological polar surface area (TPSA) is 72.5 Å². The van der Waals surface area contributed by atoms with Crippen LogP contribution in [0.1, 0.15) is 25.3 Å². The maximum Gasteiger partial charge on any atom is 0.416 e. The summed E-state index contributed by atoms with van der Waals surface area (Å²) >= 11 is 0. The van der Waals surface area contributed by atoms with E-state index in [9.17, 15) is 26.4 Å². The molecule has 0 saturated heterocycles. The van der Waals surface area contributed by atoms with E-state index in [4.69, 9.17) is 0 Å². The Labute approximate surface area is 114 Å². The van der Waals surface area contributed by atoms with Crippen molar-refractivity contribution >= 4 is 16.2 Å². The van der Waals surface area contributed by atoms with Gasteiger partial charge in [0.15, 0.2) is 0 Å². The summed E-state index contributed by atoms with van der Waals surface area (Å²) in [6.07, 6.45) is -4.08. The summed E-state index contributed by atoms with van der Waals surface area (Å²) in [6, 6.07) is 3.07. The third-order valence-electron chi connectivity index (χ3n) is 2.10. The van der Waals surface area contributed by atoms with Crippen LogP contribution in [0.2, 0.25) is 0 Å². The van der Waals surface area contributed by atoms with Gasteiger partial charge in [0, 0.05) is 6.42 Å². The minimum atomic E-state index is -4.52. The van der Waals surface area contributed by atoms with Crippen LogP contribution < -0.4 is 8.91 Å². The van der Waals surface area contributed by atoms with Gasteiger partial charge in [0.25, 0.3) is 0 Å². The zero-order valence-corrected chi connectivity index (χ0v) is 11.2. The van der Waals surface area contributed by atoms with Crippen molar-refractivity contribution < 1.29 is 30.6 Å². The minimum absolute atomic E-state index is 0.00436. The van der Waals surface area contributed by atoms with E-state index in [1.165, 1.54) is 0 Å². The highest BCUT2D eigenvalue weighted by Crippen LogP contribution is 2.30. The molecule has 1 aromatic carbocycles. The summed E-state index contributed by atoms with van der Waals surface area (Å²) in [5, 5.41) is 0. The summed E-state index contributed by atoms with van der Waals surface area (Å²) < 4.78 is 65.8. The van der Waals surface area contributed by atoms with Crippen LogP contribution in [0, 0.1) is 0 Å². The number of nitrogens with one attached hydrogen (secondary N) is 1. The zero-order valence-electron chi connectivity index (χ0n) is 10.4. The molecule has 0 unspecified atom stereocenters. The Hall–Kier alpha value is -1.77. The molecule has 1 aromatic rings. The predicted octanol–water partition coefficient (Wildman–Crippen LogP) is 2.25. The van der Waals surface area contributed by atoms with E-state index in [0.717, 1.165) is 12.1 Å². The van der Waals surface area contributed by atoms with Gasteiger partial charge in [-0.3, -0.25) is 4.79 Å². The summed E-state index contributed by atoms with van der Waals surface area (Å²) in [6.45, 7) is 1.68. The molecule has 5 nitrogen and oxygen atoms in total. The molecule has 20 heavy (non-hydrogen) atoms. The van der Waals surface area contributed by atoms with Gasteiger partial charge >= 0.3 is 16.5 Å². The maximum atomic E-state index is 12.3. The predicted molar refractivity (Wildman–Crippen MR) is 64.0 cm³/mol. The van der Waals surface area contributed by atoms with Crippen LogP contribution in [0.15, 0.2) is 24.3 Å². The third-order valence-corrected chi connectivity index (χ3v) is 2.99. The highest BCUT2D eigenvalue weighted by atomic mass is 32.2. The van der Waals surface area contributed by atoms with Crippen molar-refractivity contribution in [3.05, 3.63) is 29.8 Å². The molecular formula is C11H12F3NO4S. The summed E-state index contributed by atoms with van der Waals surface area (Å²) in [4.78, 5) is 11.1. The van der Waals surface area contributed by atoms with Gasteiger partial charge < -0.3 is 4.18 Å². The van der Waals surface area contributed by atoms with Crippen molar-refractivity contribution in [2.45, 2.75) is 25.9 Å². The lowest BCUT2D eigenvalue weighted by atomic mass is 10.2. The van der Waals surface area contributed by atoms with Crippen molar-refractivity contribution in [1.29, 1.82) is 0 Å². The smallest absolute Gasteiger partial charge is 0.367 e. The molecule has 9 heteroatoms. The number of hydrogen-bond acceptors (Lipinski definition) is 4. The fourth-order valence-corrected chi connectivity index (χ4v) is 2.05. The number of carbonyl (C=O) groups excluding carboxylic acids is 1. The Balaban J connectivity index is 2.76. The molecule has 0 fully saturated rings. The van der Waals surface area contributed by atoms with Crippen LogP contribution in [-0.2, 0) is 21.3 Å². The van der Waals surface area contributed by atoms with Crippen LogP contribution >= 0.6 is 0 Å². The molecule has 112 valence electrons. The standard InChI is InChI=1S/C11H12F3NO4S/c1-2-3-10(16)15-20(17,18)19-9-6-4-8(5-7-9)11(12,13)14/h4-7H,2-3H2,1H3,(H,15,16). The lowest BCUT2D eigenvalue weighted by Gasteiger charge is -2.09. The molecule has 0 saturated carbocycles. The molecule has 1 rings (SSSR count). The van der Waals surface area contributed by atoms with Gasteiger partial charge in [0.1, 0.15) is 5.75 Å². The number of hydrogen-bond donors (Lipinski definition) is 1. The molecule has 1 amide bonds. The molecule has 0 radical (unpaired) electrons. The van der Waals surface area contributed by atoms with Gasteiger partial charge in [-0.25, -0.2) is 4.72 Å². The monoisotopic (exact) mass is 311 g/mol. The molecule has 0 heterocycles. The second kappa shape index (κ2) is 6.12. The van der Waals surface area contributed by atoms with E-state index in [1.54, 1.807) is 11.6 Å². The number of amides is 1. The SMILES string of the molecule is CCCC(=O)NS(=O)(=O)Oc1ccc(C(F)(F)F)cc1. The Kier molecular flexibility index (Phi) is 4.98. The molecule has 0 aliphatic carbocycles. The van der Waals surface area contributed by atoms with Gasteiger partial charge in [-0.2, -0.15) is 21.6 Å². The van der Waals surface area contributed by atoms with Crippen LogP contribution in [0.5, 0.6) is 5.75 Å². The van der Waals surface area contributed by atoms with Crippen molar-refractivity contribution in [3.63, 3.8) is 0 Å². The van der Waals surface area contributed by atoms with E-state index < -0.39 is 28.0 Å². The quantitative estimate of drug-likeness (QED) is 0.905. The van der Waals surface area contributed by atoms with E-state index in [1.807, 2.05) is 0 Å². The fraction of sp³-hybridized carbons (Fsp3) is 0.364. The van der Waals surface area contributed by atoms with E-state index in [2.05, 4.69) is 4.18 Å². The molecule has 0 bridgehead atoms. The van der Waals surface area contributed by atoms with Crippen molar-refractivity contribution in [1.82, 2.24) is 4.72 Å². The molecule has 0 aliphatic rings. The number of rotatable bonds is 5. The fourth-order valence-electron chi connectivity index (χ4n) is 1.26.